The lowest BCUT2D eigenvalue weighted by Crippen LogP contribution is -2.25. The van der Waals surface area contributed by atoms with Crippen molar-refractivity contribution in [1.82, 2.24) is 5.32 Å². The van der Waals surface area contributed by atoms with Crippen molar-refractivity contribution in [1.29, 1.82) is 0 Å². The summed E-state index contributed by atoms with van der Waals surface area (Å²) in [6.45, 7) is 0. The van der Waals surface area contributed by atoms with E-state index in [2.05, 4.69) is 10.6 Å². The molecule has 2 amide bonds. The molecule has 152 valence electrons. The molecule has 0 aromatic heterocycles. The van der Waals surface area contributed by atoms with Crippen LogP contribution in [-0.2, 0) is 10.5 Å². The third-order valence-corrected chi connectivity index (χ3v) is 5.27. The van der Waals surface area contributed by atoms with Gasteiger partial charge in [-0.05, 0) is 42.7 Å². The fraction of sp³-hybridized carbons (Fsp3) is 0.300. The quantitative estimate of drug-likeness (QED) is 0.480. The standard InChI is InChI=1S/C20H21N3O5S/c1-28-18-8-5-13(9-17(18)23(26)27)11-29-12-19(24)21-16-4-2-3-14(10-16)20(25)22-15-6-7-15/h2-5,8-10,15H,6-7,11-12H2,1H3,(H,21,24)(H,22,25). The summed E-state index contributed by atoms with van der Waals surface area (Å²) >= 11 is 1.34. The van der Waals surface area contributed by atoms with Crippen molar-refractivity contribution >= 4 is 35.0 Å². The maximum absolute atomic E-state index is 12.2. The van der Waals surface area contributed by atoms with Crippen LogP contribution in [0, 0.1) is 10.1 Å². The van der Waals surface area contributed by atoms with Crippen LogP contribution in [0.25, 0.3) is 0 Å². The van der Waals surface area contributed by atoms with Crippen molar-refractivity contribution < 1.29 is 19.2 Å². The van der Waals surface area contributed by atoms with Gasteiger partial charge in [0.05, 0.1) is 17.8 Å². The minimum Gasteiger partial charge on any atom is -0.490 e. The molecule has 0 heterocycles. The van der Waals surface area contributed by atoms with Gasteiger partial charge in [0.15, 0.2) is 5.75 Å². The van der Waals surface area contributed by atoms with Crippen molar-refractivity contribution in [3.63, 3.8) is 0 Å². The molecule has 0 radical (unpaired) electrons. The molecular formula is C20H21N3O5S. The summed E-state index contributed by atoms with van der Waals surface area (Å²) in [5, 5.41) is 16.8. The Labute approximate surface area is 172 Å². The molecule has 0 spiro atoms. The molecule has 0 saturated heterocycles. The number of nitrogens with one attached hydrogen (secondary N) is 2. The summed E-state index contributed by atoms with van der Waals surface area (Å²) in [7, 11) is 1.38. The van der Waals surface area contributed by atoms with Crippen molar-refractivity contribution in [3.8, 4) is 5.75 Å². The molecule has 1 aliphatic rings. The molecule has 0 unspecified atom stereocenters. The van der Waals surface area contributed by atoms with Gasteiger partial charge in [-0.1, -0.05) is 12.1 Å². The molecule has 0 atom stereocenters. The summed E-state index contributed by atoms with van der Waals surface area (Å²) in [6, 6.07) is 11.8. The van der Waals surface area contributed by atoms with Crippen LogP contribution in [0.15, 0.2) is 42.5 Å². The highest BCUT2D eigenvalue weighted by Crippen LogP contribution is 2.29. The number of rotatable bonds is 9. The third kappa shape index (κ3) is 5.95. The van der Waals surface area contributed by atoms with E-state index < -0.39 is 4.92 Å². The lowest BCUT2D eigenvalue weighted by molar-refractivity contribution is -0.385. The van der Waals surface area contributed by atoms with Gasteiger partial charge in [-0.15, -0.1) is 11.8 Å². The number of nitro groups is 1. The second-order valence-corrected chi connectivity index (χ2v) is 7.62. The first-order valence-corrected chi connectivity index (χ1v) is 10.2. The Morgan fingerprint density at radius 1 is 1.24 bits per heavy atom. The number of anilines is 1. The fourth-order valence-corrected chi connectivity index (χ4v) is 3.44. The molecule has 9 heteroatoms. The summed E-state index contributed by atoms with van der Waals surface area (Å²) in [5.74, 6) is 0.476. The molecule has 2 aromatic rings. The summed E-state index contributed by atoms with van der Waals surface area (Å²) in [5.41, 5.74) is 1.69. The van der Waals surface area contributed by atoms with E-state index in [-0.39, 0.29) is 35.0 Å². The predicted octanol–water partition coefficient (Wildman–Crippen LogP) is 3.37. The van der Waals surface area contributed by atoms with Crippen LogP contribution in [0.4, 0.5) is 11.4 Å². The van der Waals surface area contributed by atoms with Gasteiger partial charge in [-0.2, -0.15) is 0 Å². The van der Waals surface area contributed by atoms with Crippen molar-refractivity contribution in [2.75, 3.05) is 18.2 Å². The smallest absolute Gasteiger partial charge is 0.311 e. The number of nitrogens with zero attached hydrogens (tertiary/aromatic N) is 1. The number of benzene rings is 2. The van der Waals surface area contributed by atoms with Crippen LogP contribution in [0.1, 0.15) is 28.8 Å². The second-order valence-electron chi connectivity index (χ2n) is 6.63. The highest BCUT2D eigenvalue weighted by Gasteiger charge is 2.23. The van der Waals surface area contributed by atoms with E-state index in [4.69, 9.17) is 4.74 Å². The summed E-state index contributed by atoms with van der Waals surface area (Å²) in [6.07, 6.45) is 2.02. The number of nitro benzene ring substituents is 1. The molecule has 1 fully saturated rings. The highest BCUT2D eigenvalue weighted by molar-refractivity contribution is 7.99. The van der Waals surface area contributed by atoms with Gasteiger partial charge in [0, 0.05) is 29.1 Å². The molecule has 2 aromatic carbocycles. The van der Waals surface area contributed by atoms with Gasteiger partial charge in [-0.3, -0.25) is 19.7 Å². The maximum atomic E-state index is 12.2. The Hall–Kier alpha value is -3.07. The van der Waals surface area contributed by atoms with Gasteiger partial charge in [0.1, 0.15) is 0 Å². The normalized spacial score (nSPS) is 12.9. The Morgan fingerprint density at radius 2 is 2.03 bits per heavy atom. The average Bonchev–Trinajstić information content (AvgIpc) is 3.52. The van der Waals surface area contributed by atoms with Crippen molar-refractivity contribution in [2.45, 2.75) is 24.6 Å². The first kappa shape index (κ1) is 20.7. The molecule has 3 rings (SSSR count). The average molecular weight is 415 g/mol. The minimum absolute atomic E-state index is 0.101. The van der Waals surface area contributed by atoms with Gasteiger partial charge in [0.25, 0.3) is 5.91 Å². The zero-order valence-corrected chi connectivity index (χ0v) is 16.7. The topological polar surface area (TPSA) is 111 Å². The number of carbonyl (C=O) groups is 2. The first-order chi connectivity index (χ1) is 14.0. The number of hydrogen-bond acceptors (Lipinski definition) is 6. The van der Waals surface area contributed by atoms with Gasteiger partial charge < -0.3 is 15.4 Å². The van der Waals surface area contributed by atoms with Gasteiger partial charge in [-0.25, -0.2) is 0 Å². The van der Waals surface area contributed by atoms with E-state index >= 15 is 0 Å². The molecular weight excluding hydrogens is 394 g/mol. The Kier molecular flexibility index (Phi) is 6.71. The molecule has 2 N–H and O–H groups in total. The number of hydrogen-bond donors (Lipinski definition) is 2. The van der Waals surface area contributed by atoms with Crippen LogP contribution in [0.5, 0.6) is 5.75 Å². The number of methoxy groups -OCH3 is 1. The fourth-order valence-electron chi connectivity index (χ4n) is 2.66. The lowest BCUT2D eigenvalue weighted by Gasteiger charge is -2.08. The Balaban J connectivity index is 1.51. The van der Waals surface area contributed by atoms with E-state index in [9.17, 15) is 19.7 Å². The molecule has 0 bridgehead atoms. The van der Waals surface area contributed by atoms with E-state index in [0.29, 0.717) is 17.0 Å². The minimum atomic E-state index is -0.494. The summed E-state index contributed by atoms with van der Waals surface area (Å²) in [4.78, 5) is 34.9. The van der Waals surface area contributed by atoms with Gasteiger partial charge in [0.2, 0.25) is 5.91 Å². The Bertz CT molecular complexity index is 930. The molecule has 1 aliphatic carbocycles. The van der Waals surface area contributed by atoms with Crippen LogP contribution in [-0.4, -0.2) is 35.6 Å². The van der Waals surface area contributed by atoms with Crippen molar-refractivity contribution in [3.05, 3.63) is 63.7 Å². The maximum Gasteiger partial charge on any atom is 0.311 e. The zero-order chi connectivity index (χ0) is 20.8. The molecule has 8 nitrogen and oxygen atoms in total. The number of carbonyl (C=O) groups excluding carboxylic acids is 2. The van der Waals surface area contributed by atoms with Crippen LogP contribution in [0.3, 0.4) is 0 Å². The SMILES string of the molecule is COc1ccc(CSCC(=O)Nc2cccc(C(=O)NC3CC3)c2)cc1[N+](=O)[O-]. The number of thioether (sulfide) groups is 1. The molecule has 29 heavy (non-hydrogen) atoms. The second kappa shape index (κ2) is 9.42. The largest absolute Gasteiger partial charge is 0.490 e. The monoisotopic (exact) mass is 415 g/mol. The van der Waals surface area contributed by atoms with Crippen LogP contribution >= 0.6 is 11.8 Å². The van der Waals surface area contributed by atoms with Crippen LogP contribution < -0.4 is 15.4 Å². The zero-order valence-electron chi connectivity index (χ0n) is 15.8. The third-order valence-electron chi connectivity index (χ3n) is 4.26. The number of ether oxygens (including phenoxy) is 1. The number of amides is 2. The summed E-state index contributed by atoms with van der Waals surface area (Å²) < 4.78 is 4.98. The van der Waals surface area contributed by atoms with Crippen LogP contribution in [0.2, 0.25) is 0 Å². The first-order valence-electron chi connectivity index (χ1n) is 9.06. The van der Waals surface area contributed by atoms with E-state index in [1.54, 1.807) is 36.4 Å². The van der Waals surface area contributed by atoms with Gasteiger partial charge >= 0.3 is 5.69 Å². The highest BCUT2D eigenvalue weighted by atomic mass is 32.2. The molecule has 1 saturated carbocycles. The van der Waals surface area contributed by atoms with Crippen molar-refractivity contribution in [2.24, 2.45) is 0 Å². The molecule has 0 aliphatic heterocycles. The lowest BCUT2D eigenvalue weighted by atomic mass is 10.2. The Morgan fingerprint density at radius 3 is 2.72 bits per heavy atom. The van der Waals surface area contributed by atoms with E-state index in [1.807, 2.05) is 0 Å². The van der Waals surface area contributed by atoms with E-state index in [1.165, 1.54) is 24.9 Å². The predicted molar refractivity (Wildman–Crippen MR) is 111 cm³/mol. The van der Waals surface area contributed by atoms with E-state index in [0.717, 1.165) is 18.4 Å².